The summed E-state index contributed by atoms with van der Waals surface area (Å²) >= 11 is 0. The second-order valence-electron chi connectivity index (χ2n) is 4.63. The molecule has 1 aliphatic rings. The molecule has 96 valence electrons. The van der Waals surface area contributed by atoms with E-state index in [1.165, 1.54) is 0 Å². The topological polar surface area (TPSA) is 35.8 Å². The van der Waals surface area contributed by atoms with Crippen molar-refractivity contribution in [1.82, 2.24) is 0 Å². The minimum atomic E-state index is 0.0256. The summed E-state index contributed by atoms with van der Waals surface area (Å²) in [5, 5.41) is 16.1. The smallest absolute Gasteiger partial charge is 0.0813 e. The molecule has 3 nitrogen and oxygen atoms in total. The summed E-state index contributed by atoms with van der Waals surface area (Å²) in [4.78, 5) is 0. The number of para-hydroxylation sites is 1. The lowest BCUT2D eigenvalue weighted by Crippen LogP contribution is -2.29. The summed E-state index contributed by atoms with van der Waals surface area (Å²) in [7, 11) is 0. The van der Waals surface area contributed by atoms with Gasteiger partial charge in [-0.05, 0) is 17.7 Å². The van der Waals surface area contributed by atoms with Crippen LogP contribution in [0.15, 0.2) is 65.8 Å². The first-order chi connectivity index (χ1) is 9.38. The molecule has 1 atom stereocenters. The number of nitrogens with zero attached hydrogens (tertiary/aromatic N) is 2. The van der Waals surface area contributed by atoms with Crippen molar-refractivity contribution in [2.24, 2.45) is 5.10 Å². The standard InChI is InChI=1S/C16H16N2O/c19-12-15-11-16(13-7-3-1-4-8-13)17-18(15)14-9-5-2-6-10-14/h1-10,15,19H,11-12H2. The Kier molecular flexibility index (Phi) is 3.29. The van der Waals surface area contributed by atoms with Crippen LogP contribution in [0.3, 0.4) is 0 Å². The van der Waals surface area contributed by atoms with Crippen LogP contribution in [0.4, 0.5) is 5.69 Å². The lowest BCUT2D eigenvalue weighted by molar-refractivity contribution is 0.266. The molecule has 0 amide bonds. The van der Waals surface area contributed by atoms with E-state index in [0.717, 1.165) is 23.4 Å². The van der Waals surface area contributed by atoms with E-state index in [1.807, 2.05) is 53.5 Å². The molecule has 1 unspecified atom stereocenters. The molecule has 0 fully saturated rings. The van der Waals surface area contributed by atoms with Crippen molar-refractivity contribution >= 4 is 11.4 Å². The molecule has 2 aromatic carbocycles. The van der Waals surface area contributed by atoms with E-state index < -0.39 is 0 Å². The van der Waals surface area contributed by atoms with Crippen LogP contribution in [-0.4, -0.2) is 23.5 Å². The Labute approximate surface area is 112 Å². The molecule has 0 aromatic heterocycles. The molecule has 1 heterocycles. The van der Waals surface area contributed by atoms with Gasteiger partial charge in [0.05, 0.1) is 24.0 Å². The average molecular weight is 252 g/mol. The lowest BCUT2D eigenvalue weighted by atomic mass is 10.0. The van der Waals surface area contributed by atoms with Gasteiger partial charge in [0, 0.05) is 6.42 Å². The van der Waals surface area contributed by atoms with Crippen molar-refractivity contribution in [2.45, 2.75) is 12.5 Å². The highest BCUT2D eigenvalue weighted by Gasteiger charge is 2.27. The summed E-state index contributed by atoms with van der Waals surface area (Å²) in [5.41, 5.74) is 3.18. The SMILES string of the molecule is OCC1CC(c2ccccc2)=NN1c1ccccc1. The van der Waals surface area contributed by atoms with Crippen LogP contribution in [0.2, 0.25) is 0 Å². The molecule has 19 heavy (non-hydrogen) atoms. The zero-order valence-corrected chi connectivity index (χ0v) is 10.6. The van der Waals surface area contributed by atoms with Gasteiger partial charge in [0.15, 0.2) is 0 Å². The Morgan fingerprint density at radius 1 is 1.00 bits per heavy atom. The van der Waals surface area contributed by atoms with Crippen molar-refractivity contribution < 1.29 is 5.11 Å². The van der Waals surface area contributed by atoms with Gasteiger partial charge in [-0.3, -0.25) is 5.01 Å². The maximum atomic E-state index is 9.55. The number of hydrazone groups is 1. The largest absolute Gasteiger partial charge is 0.394 e. The fourth-order valence-electron chi connectivity index (χ4n) is 2.36. The van der Waals surface area contributed by atoms with Crippen molar-refractivity contribution in [3.8, 4) is 0 Å². The molecule has 0 radical (unpaired) electrons. The van der Waals surface area contributed by atoms with Crippen molar-refractivity contribution in [3.05, 3.63) is 66.2 Å². The van der Waals surface area contributed by atoms with Crippen molar-refractivity contribution in [1.29, 1.82) is 0 Å². The minimum Gasteiger partial charge on any atom is -0.394 e. The lowest BCUT2D eigenvalue weighted by Gasteiger charge is -2.21. The zero-order chi connectivity index (χ0) is 13.1. The summed E-state index contributed by atoms with van der Waals surface area (Å²) in [6.07, 6.45) is 0.773. The van der Waals surface area contributed by atoms with E-state index >= 15 is 0 Å². The second kappa shape index (κ2) is 5.24. The summed E-state index contributed by atoms with van der Waals surface area (Å²) < 4.78 is 0. The van der Waals surface area contributed by atoms with Gasteiger partial charge in [-0.25, -0.2) is 0 Å². The van der Waals surface area contributed by atoms with Crippen LogP contribution in [0.25, 0.3) is 0 Å². The van der Waals surface area contributed by atoms with E-state index in [-0.39, 0.29) is 12.6 Å². The quantitative estimate of drug-likeness (QED) is 0.911. The van der Waals surface area contributed by atoms with Crippen LogP contribution in [-0.2, 0) is 0 Å². The van der Waals surface area contributed by atoms with Crippen LogP contribution < -0.4 is 5.01 Å². The number of aliphatic hydroxyl groups excluding tert-OH is 1. The fourth-order valence-corrected chi connectivity index (χ4v) is 2.36. The summed E-state index contributed by atoms with van der Waals surface area (Å²) in [6.45, 7) is 0.106. The van der Waals surface area contributed by atoms with Crippen LogP contribution in [0.1, 0.15) is 12.0 Å². The Bertz CT molecular complexity index is 566. The highest BCUT2D eigenvalue weighted by molar-refractivity contribution is 6.03. The molecule has 0 saturated heterocycles. The summed E-state index contributed by atoms with van der Waals surface area (Å²) in [5.74, 6) is 0. The van der Waals surface area contributed by atoms with E-state index in [2.05, 4.69) is 17.2 Å². The van der Waals surface area contributed by atoms with E-state index in [9.17, 15) is 5.11 Å². The van der Waals surface area contributed by atoms with Crippen molar-refractivity contribution in [3.63, 3.8) is 0 Å². The first kappa shape index (κ1) is 11.9. The first-order valence-corrected chi connectivity index (χ1v) is 6.46. The Morgan fingerprint density at radius 3 is 2.26 bits per heavy atom. The molecule has 3 heteroatoms. The van der Waals surface area contributed by atoms with Gasteiger partial charge in [-0.1, -0.05) is 48.5 Å². The monoisotopic (exact) mass is 252 g/mol. The first-order valence-electron chi connectivity index (χ1n) is 6.46. The zero-order valence-electron chi connectivity index (χ0n) is 10.6. The highest BCUT2D eigenvalue weighted by Crippen LogP contribution is 2.26. The van der Waals surface area contributed by atoms with Crippen LogP contribution in [0.5, 0.6) is 0 Å². The molecule has 0 bridgehead atoms. The van der Waals surface area contributed by atoms with Gasteiger partial charge >= 0.3 is 0 Å². The maximum Gasteiger partial charge on any atom is 0.0813 e. The second-order valence-corrected chi connectivity index (χ2v) is 4.63. The van der Waals surface area contributed by atoms with Gasteiger partial charge < -0.3 is 5.11 Å². The van der Waals surface area contributed by atoms with Gasteiger partial charge in [0.2, 0.25) is 0 Å². The molecule has 0 saturated carbocycles. The molecule has 0 aliphatic carbocycles. The number of anilines is 1. The summed E-state index contributed by atoms with van der Waals surface area (Å²) in [6, 6.07) is 20.1. The van der Waals surface area contributed by atoms with Crippen LogP contribution >= 0.6 is 0 Å². The molecule has 0 spiro atoms. The predicted molar refractivity (Wildman–Crippen MR) is 77.4 cm³/mol. The third-order valence-electron chi connectivity index (χ3n) is 3.34. The third kappa shape index (κ3) is 2.37. The van der Waals surface area contributed by atoms with E-state index in [1.54, 1.807) is 0 Å². The Morgan fingerprint density at radius 2 is 1.63 bits per heavy atom. The van der Waals surface area contributed by atoms with Gasteiger partial charge in [0.1, 0.15) is 0 Å². The van der Waals surface area contributed by atoms with Crippen molar-refractivity contribution in [2.75, 3.05) is 11.6 Å². The van der Waals surface area contributed by atoms with Gasteiger partial charge in [0.25, 0.3) is 0 Å². The normalized spacial score (nSPS) is 18.5. The molecular weight excluding hydrogens is 236 g/mol. The average Bonchev–Trinajstić information content (AvgIpc) is 2.93. The third-order valence-corrected chi connectivity index (χ3v) is 3.34. The molecular formula is C16H16N2O. The van der Waals surface area contributed by atoms with E-state index in [0.29, 0.717) is 0 Å². The van der Waals surface area contributed by atoms with E-state index in [4.69, 9.17) is 0 Å². The fraction of sp³-hybridized carbons (Fsp3) is 0.188. The number of aliphatic hydroxyl groups is 1. The Balaban J connectivity index is 1.93. The highest BCUT2D eigenvalue weighted by atomic mass is 16.3. The molecule has 1 N–H and O–H groups in total. The number of hydrogen-bond acceptors (Lipinski definition) is 3. The Hall–Kier alpha value is -2.13. The minimum absolute atomic E-state index is 0.0256. The predicted octanol–water partition coefficient (Wildman–Crippen LogP) is 2.66. The number of rotatable bonds is 3. The molecule has 1 aliphatic heterocycles. The van der Waals surface area contributed by atoms with Gasteiger partial charge in [-0.15, -0.1) is 0 Å². The van der Waals surface area contributed by atoms with Gasteiger partial charge in [-0.2, -0.15) is 5.10 Å². The number of benzene rings is 2. The van der Waals surface area contributed by atoms with Crippen LogP contribution in [0, 0.1) is 0 Å². The molecule has 2 aromatic rings. The molecule has 3 rings (SSSR count). The maximum absolute atomic E-state index is 9.55. The number of hydrogen-bond donors (Lipinski definition) is 1.